The van der Waals surface area contributed by atoms with Crippen LogP contribution in [0.5, 0.6) is 0 Å². The average Bonchev–Trinajstić information content (AvgIpc) is 3.05. The number of nitrogens with two attached hydrogens (primary N) is 2. The second-order valence-corrected chi connectivity index (χ2v) is 10.5. The number of rotatable bonds is 8. The van der Waals surface area contributed by atoms with Gasteiger partial charge >= 0.3 is 0 Å². The van der Waals surface area contributed by atoms with E-state index in [1.165, 1.54) is 23.1 Å². The Hall–Kier alpha value is -3.02. The molecule has 1 fully saturated rings. The van der Waals surface area contributed by atoms with Crippen molar-refractivity contribution in [2.75, 3.05) is 23.3 Å². The molecule has 0 aliphatic carbocycles. The van der Waals surface area contributed by atoms with Crippen molar-refractivity contribution < 1.29 is 4.79 Å². The van der Waals surface area contributed by atoms with E-state index in [1.807, 2.05) is 51.1 Å². The van der Waals surface area contributed by atoms with Gasteiger partial charge in [0.25, 0.3) is 5.91 Å². The van der Waals surface area contributed by atoms with Crippen LogP contribution in [-0.4, -0.2) is 45.8 Å². The molecule has 178 valence electrons. The molecule has 1 amide bonds. The molecule has 5 N–H and O–H groups in total. The number of aliphatic imine (C=N–C) groups is 1. The van der Waals surface area contributed by atoms with Gasteiger partial charge in [0.15, 0.2) is 11.0 Å². The Labute approximate surface area is 207 Å². The molecule has 0 bridgehead atoms. The molecule has 1 atom stereocenters. The van der Waals surface area contributed by atoms with Crippen LogP contribution in [0, 0.1) is 13.8 Å². The van der Waals surface area contributed by atoms with Crippen LogP contribution in [0.25, 0.3) is 0 Å². The summed E-state index contributed by atoms with van der Waals surface area (Å²) in [7, 11) is 0. The van der Waals surface area contributed by atoms with Crippen LogP contribution in [0.2, 0.25) is 0 Å². The van der Waals surface area contributed by atoms with Crippen molar-refractivity contribution in [1.29, 1.82) is 0 Å². The molecule has 3 heterocycles. The number of benzene rings is 1. The summed E-state index contributed by atoms with van der Waals surface area (Å²) >= 11 is 2.83. The first-order valence-electron chi connectivity index (χ1n) is 11.0. The van der Waals surface area contributed by atoms with E-state index in [-0.39, 0.29) is 11.9 Å². The first-order chi connectivity index (χ1) is 16.3. The van der Waals surface area contributed by atoms with Crippen LogP contribution in [0.3, 0.4) is 0 Å². The van der Waals surface area contributed by atoms with Gasteiger partial charge in [0.05, 0.1) is 10.7 Å². The predicted molar refractivity (Wildman–Crippen MR) is 139 cm³/mol. The standard InChI is InChI=1S/C23H28N8OS2/c1-13(24)11-18(25)28-19-12-20(31-9-4-10-31)30-23(29-19)34-17-7-5-16(6-8-17)27-22(32)21-14(2)26-15(3)33-21/h5-8,12-13H,4,9-11,24H2,1-3H3,(H,27,32)(H2,25,28,29,30). The van der Waals surface area contributed by atoms with Crippen LogP contribution in [0.4, 0.5) is 17.3 Å². The van der Waals surface area contributed by atoms with E-state index >= 15 is 0 Å². The Kier molecular flexibility index (Phi) is 7.44. The number of carbonyl (C=O) groups is 1. The zero-order chi connectivity index (χ0) is 24.2. The second-order valence-electron chi connectivity index (χ2n) is 8.22. The number of nitrogens with one attached hydrogen (secondary N) is 1. The van der Waals surface area contributed by atoms with Crippen molar-refractivity contribution in [3.05, 3.63) is 45.9 Å². The molecule has 1 aliphatic rings. The molecule has 1 unspecified atom stereocenters. The first-order valence-corrected chi connectivity index (χ1v) is 12.7. The third-order valence-corrected chi connectivity index (χ3v) is 7.02. The van der Waals surface area contributed by atoms with Gasteiger partial charge in [-0.25, -0.2) is 19.9 Å². The Bertz CT molecular complexity index is 1200. The zero-order valence-corrected chi connectivity index (χ0v) is 21.0. The lowest BCUT2D eigenvalue weighted by atomic mass is 10.2. The van der Waals surface area contributed by atoms with Crippen LogP contribution in [0.15, 0.2) is 45.4 Å². The van der Waals surface area contributed by atoms with E-state index < -0.39 is 0 Å². The molecule has 1 aromatic carbocycles. The summed E-state index contributed by atoms with van der Waals surface area (Å²) < 4.78 is 0. The number of amides is 1. The summed E-state index contributed by atoms with van der Waals surface area (Å²) in [6.07, 6.45) is 1.64. The number of hydrogen-bond acceptors (Lipinski definition) is 9. The predicted octanol–water partition coefficient (Wildman–Crippen LogP) is 3.89. The largest absolute Gasteiger partial charge is 0.387 e. The Morgan fingerprint density at radius 3 is 2.56 bits per heavy atom. The summed E-state index contributed by atoms with van der Waals surface area (Å²) in [6.45, 7) is 7.55. The van der Waals surface area contributed by atoms with E-state index in [0.717, 1.165) is 40.9 Å². The lowest BCUT2D eigenvalue weighted by molar-refractivity contribution is 0.103. The van der Waals surface area contributed by atoms with Gasteiger partial charge in [0.2, 0.25) is 0 Å². The minimum atomic E-state index is -0.152. The zero-order valence-electron chi connectivity index (χ0n) is 19.4. The van der Waals surface area contributed by atoms with Crippen molar-refractivity contribution in [3.63, 3.8) is 0 Å². The summed E-state index contributed by atoms with van der Waals surface area (Å²) in [5.74, 6) is 1.67. The molecule has 1 saturated heterocycles. The molecular formula is C23H28N8OS2. The SMILES string of the molecule is Cc1nc(C)c(C(=O)Nc2ccc(Sc3nc(N=C(N)CC(C)N)cc(N4CCC4)n3)cc2)s1. The van der Waals surface area contributed by atoms with Gasteiger partial charge in [-0.3, -0.25) is 4.79 Å². The molecule has 0 saturated carbocycles. The summed E-state index contributed by atoms with van der Waals surface area (Å²) in [5.41, 5.74) is 13.3. The fraction of sp³-hybridized carbons (Fsp3) is 0.348. The molecule has 11 heteroatoms. The fourth-order valence-electron chi connectivity index (χ4n) is 3.38. The lowest BCUT2D eigenvalue weighted by Gasteiger charge is -2.32. The highest BCUT2D eigenvalue weighted by Gasteiger charge is 2.19. The number of thiazole rings is 1. The number of hydrogen-bond donors (Lipinski definition) is 3. The minimum absolute atomic E-state index is 0.0719. The van der Waals surface area contributed by atoms with Gasteiger partial charge in [0, 0.05) is 42.2 Å². The maximum absolute atomic E-state index is 12.6. The number of aryl methyl sites for hydroxylation is 2. The van der Waals surface area contributed by atoms with Crippen molar-refractivity contribution >= 4 is 52.2 Å². The molecule has 9 nitrogen and oxygen atoms in total. The normalized spacial score (nSPS) is 14.6. The summed E-state index contributed by atoms with van der Waals surface area (Å²) in [5, 5.41) is 4.39. The monoisotopic (exact) mass is 496 g/mol. The van der Waals surface area contributed by atoms with Gasteiger partial charge in [-0.1, -0.05) is 0 Å². The second kappa shape index (κ2) is 10.5. The lowest BCUT2D eigenvalue weighted by Crippen LogP contribution is -2.37. The van der Waals surface area contributed by atoms with Crippen molar-refractivity contribution in [2.45, 2.75) is 49.7 Å². The van der Waals surface area contributed by atoms with Crippen molar-refractivity contribution in [1.82, 2.24) is 15.0 Å². The van der Waals surface area contributed by atoms with Gasteiger partial charge < -0.3 is 21.7 Å². The summed E-state index contributed by atoms with van der Waals surface area (Å²) in [6, 6.07) is 9.37. The van der Waals surface area contributed by atoms with Gasteiger partial charge in [-0.15, -0.1) is 11.3 Å². The average molecular weight is 497 g/mol. The highest BCUT2D eigenvalue weighted by molar-refractivity contribution is 7.99. The maximum atomic E-state index is 12.6. The Balaban J connectivity index is 1.49. The number of carbonyl (C=O) groups excluding carboxylic acids is 1. The van der Waals surface area contributed by atoms with E-state index in [0.29, 0.717) is 33.8 Å². The first kappa shape index (κ1) is 24.1. The van der Waals surface area contributed by atoms with E-state index in [2.05, 4.69) is 25.2 Å². The van der Waals surface area contributed by atoms with Gasteiger partial charge in [0.1, 0.15) is 16.5 Å². The fourth-order valence-corrected chi connectivity index (χ4v) is 4.95. The highest BCUT2D eigenvalue weighted by atomic mass is 32.2. The third-order valence-electron chi connectivity index (χ3n) is 5.08. The van der Waals surface area contributed by atoms with Crippen molar-refractivity contribution in [2.24, 2.45) is 16.5 Å². The Morgan fingerprint density at radius 1 is 1.24 bits per heavy atom. The van der Waals surface area contributed by atoms with Crippen LogP contribution < -0.4 is 21.7 Å². The summed E-state index contributed by atoms with van der Waals surface area (Å²) in [4.78, 5) is 34.4. The molecule has 0 spiro atoms. The van der Waals surface area contributed by atoms with Crippen molar-refractivity contribution in [3.8, 4) is 0 Å². The quantitative estimate of drug-likeness (QED) is 0.243. The minimum Gasteiger partial charge on any atom is -0.387 e. The number of anilines is 2. The molecule has 3 aromatic rings. The molecule has 1 aliphatic heterocycles. The molecular weight excluding hydrogens is 468 g/mol. The Morgan fingerprint density at radius 2 is 1.97 bits per heavy atom. The van der Waals surface area contributed by atoms with Crippen LogP contribution in [-0.2, 0) is 0 Å². The third kappa shape index (κ3) is 6.10. The smallest absolute Gasteiger partial charge is 0.267 e. The number of aromatic nitrogens is 3. The number of nitrogens with zero attached hydrogens (tertiary/aromatic N) is 5. The van der Waals surface area contributed by atoms with E-state index in [9.17, 15) is 4.79 Å². The molecule has 2 aromatic heterocycles. The van der Waals surface area contributed by atoms with E-state index in [1.54, 1.807) is 0 Å². The highest BCUT2D eigenvalue weighted by Crippen LogP contribution is 2.31. The van der Waals surface area contributed by atoms with Crippen LogP contribution in [0.1, 0.15) is 40.1 Å². The van der Waals surface area contributed by atoms with Crippen LogP contribution >= 0.6 is 23.1 Å². The van der Waals surface area contributed by atoms with Gasteiger partial charge in [-0.05, 0) is 63.2 Å². The number of amidine groups is 1. The maximum Gasteiger partial charge on any atom is 0.267 e. The van der Waals surface area contributed by atoms with Gasteiger partial charge in [-0.2, -0.15) is 0 Å². The topological polar surface area (TPSA) is 135 Å². The van der Waals surface area contributed by atoms with E-state index in [4.69, 9.17) is 16.5 Å². The molecule has 0 radical (unpaired) electrons. The molecule has 4 rings (SSSR count). The molecule has 34 heavy (non-hydrogen) atoms.